The van der Waals surface area contributed by atoms with E-state index in [1.165, 1.54) is 12.3 Å². The number of hydrogen-bond acceptors (Lipinski definition) is 13. The minimum atomic E-state index is -5.71. The molecule has 0 aromatic carbocycles. The molecule has 1 aliphatic rings. The van der Waals surface area contributed by atoms with E-state index in [1.807, 2.05) is 0 Å². The highest BCUT2D eigenvalue weighted by atomic mass is 31.3. The quantitative estimate of drug-likeness (QED) is 0.0545. The molecule has 2 heterocycles. The van der Waals surface area contributed by atoms with Gasteiger partial charge < -0.3 is 45.3 Å². The van der Waals surface area contributed by atoms with Gasteiger partial charge in [-0.25, -0.2) is 18.5 Å². The summed E-state index contributed by atoms with van der Waals surface area (Å²) < 4.78 is 63.8. The molecule has 2 rings (SSSR count). The predicted octanol–water partition coefficient (Wildman–Crippen LogP) is -0.688. The minimum Gasteiger partial charge on any atom is -0.382 e. The van der Waals surface area contributed by atoms with Crippen LogP contribution in [0.1, 0.15) is 18.2 Å². The number of nitrogens with zero attached hydrogens (tertiary/aromatic N) is 2. The maximum Gasteiger partial charge on any atom is 0.490 e. The Kier molecular flexibility index (Phi) is 11.3. The van der Waals surface area contributed by atoms with Crippen LogP contribution in [0, 0.1) is 11.8 Å². The van der Waals surface area contributed by atoms with Gasteiger partial charge in [0.15, 0.2) is 0 Å². The third-order valence-corrected chi connectivity index (χ3v) is 8.02. The number of phosphoric ester groups is 1. The van der Waals surface area contributed by atoms with E-state index in [0.717, 1.165) is 4.57 Å². The normalized spacial score (nSPS) is 23.0. The van der Waals surface area contributed by atoms with Gasteiger partial charge in [0.25, 0.3) is 0 Å². The van der Waals surface area contributed by atoms with Crippen LogP contribution >= 0.6 is 23.5 Å². The first kappa shape index (κ1) is 31.4. The molecule has 0 bridgehead atoms. The first-order valence-electron chi connectivity index (χ1n) is 9.98. The van der Waals surface area contributed by atoms with E-state index in [9.17, 15) is 28.3 Å². The fraction of sp³-hybridized carbons (Fsp3) is 0.500. The molecule has 208 valence electrons. The van der Waals surface area contributed by atoms with Crippen LogP contribution < -0.4 is 17.2 Å². The summed E-state index contributed by atoms with van der Waals surface area (Å²) in [7, 11) is -16.7. The Hall–Kier alpha value is -1.77. The van der Waals surface area contributed by atoms with Crippen molar-refractivity contribution in [2.45, 2.75) is 24.9 Å². The number of aromatic nitrogens is 2. The van der Waals surface area contributed by atoms with E-state index in [2.05, 4.69) is 36.5 Å². The Morgan fingerprint density at radius 3 is 2.57 bits per heavy atom. The Morgan fingerprint density at radius 1 is 1.24 bits per heavy atom. The van der Waals surface area contributed by atoms with Crippen LogP contribution in [0.2, 0.25) is 0 Å². The number of ether oxygens (including phenoxy) is 3. The number of nitrogen functional groups attached to an aromatic ring is 1. The Labute approximate surface area is 209 Å². The summed E-state index contributed by atoms with van der Waals surface area (Å²) in [6.07, 6.45) is -0.480. The molecule has 1 fully saturated rings. The van der Waals surface area contributed by atoms with Crippen molar-refractivity contribution in [3.63, 3.8) is 0 Å². The number of phosphoric acid groups is 3. The van der Waals surface area contributed by atoms with E-state index >= 15 is 0 Å². The van der Waals surface area contributed by atoms with E-state index < -0.39 is 54.2 Å². The molecular weight excluding hydrogens is 565 g/mol. The highest BCUT2D eigenvalue weighted by Crippen LogP contribution is 2.66. The fourth-order valence-electron chi connectivity index (χ4n) is 2.86. The second-order valence-corrected chi connectivity index (χ2v) is 11.4. The molecule has 0 radical (unpaired) electrons. The van der Waals surface area contributed by atoms with Crippen molar-refractivity contribution in [3.8, 4) is 11.8 Å². The van der Waals surface area contributed by atoms with Crippen molar-refractivity contribution in [2.24, 2.45) is 5.73 Å². The summed E-state index contributed by atoms with van der Waals surface area (Å²) in [5, 5.41) is 0. The van der Waals surface area contributed by atoms with E-state index in [0.29, 0.717) is 0 Å². The van der Waals surface area contributed by atoms with Gasteiger partial charge in [-0.3, -0.25) is 9.09 Å². The lowest BCUT2D eigenvalue weighted by molar-refractivity contribution is -0.113. The van der Waals surface area contributed by atoms with Crippen LogP contribution in [0.15, 0.2) is 23.6 Å². The third-order valence-electron chi connectivity index (χ3n) is 4.22. The molecular formula is C16H25N4O14P3. The van der Waals surface area contributed by atoms with Crippen LogP contribution in [-0.4, -0.2) is 67.9 Å². The summed E-state index contributed by atoms with van der Waals surface area (Å²) in [6, 6.07) is 0. The molecule has 1 aromatic heterocycles. The average molecular weight is 590 g/mol. The number of nitrogens with two attached hydrogens (primary N) is 2. The first-order chi connectivity index (χ1) is 17.2. The zero-order chi connectivity index (χ0) is 27.9. The average Bonchev–Trinajstić information content (AvgIpc) is 3.15. The zero-order valence-electron chi connectivity index (χ0n) is 18.9. The van der Waals surface area contributed by atoms with Crippen molar-refractivity contribution in [3.05, 3.63) is 34.9 Å². The number of hydrogen-bond donors (Lipinski definition) is 6. The molecule has 18 nitrogen and oxygen atoms in total. The smallest absolute Gasteiger partial charge is 0.382 e. The van der Waals surface area contributed by atoms with Gasteiger partial charge in [-0.15, -0.1) is 6.58 Å². The lowest BCUT2D eigenvalue weighted by Gasteiger charge is -2.21. The number of rotatable bonds is 13. The van der Waals surface area contributed by atoms with E-state index in [4.69, 9.17) is 35.5 Å². The lowest BCUT2D eigenvalue weighted by atomic mass is 10.2. The molecule has 5 atom stereocenters. The van der Waals surface area contributed by atoms with Gasteiger partial charge in [0.1, 0.15) is 24.9 Å². The molecule has 0 spiro atoms. The van der Waals surface area contributed by atoms with Crippen LogP contribution in [0.5, 0.6) is 0 Å². The Balaban J connectivity index is 2.20. The number of anilines is 1. The SMILES string of the molecule is C=CCOCOC1C[C@H](n2cc(C#CCN)c(N)nc2=O)O[C@@H]1COP(=O)(O)OP(=O)(O)OP(=O)(O)O. The summed E-state index contributed by atoms with van der Waals surface area (Å²) in [5.74, 6) is 5.07. The molecule has 0 saturated carbocycles. The van der Waals surface area contributed by atoms with Gasteiger partial charge in [0.2, 0.25) is 0 Å². The van der Waals surface area contributed by atoms with Crippen molar-refractivity contribution in [1.29, 1.82) is 0 Å². The van der Waals surface area contributed by atoms with Crippen molar-refractivity contribution in [2.75, 3.05) is 32.3 Å². The maximum absolute atomic E-state index is 12.4. The van der Waals surface area contributed by atoms with Gasteiger partial charge >= 0.3 is 29.2 Å². The van der Waals surface area contributed by atoms with E-state index in [1.54, 1.807) is 0 Å². The highest BCUT2D eigenvalue weighted by molar-refractivity contribution is 7.66. The minimum absolute atomic E-state index is 0.0157. The van der Waals surface area contributed by atoms with Crippen LogP contribution in [0.3, 0.4) is 0 Å². The van der Waals surface area contributed by atoms with Gasteiger partial charge in [0, 0.05) is 12.6 Å². The molecule has 8 N–H and O–H groups in total. The summed E-state index contributed by atoms with van der Waals surface area (Å²) in [5.41, 5.74) is 10.4. The Bertz CT molecular complexity index is 1220. The van der Waals surface area contributed by atoms with Crippen molar-refractivity contribution < 1.29 is 60.6 Å². The second-order valence-electron chi connectivity index (χ2n) is 6.97. The standard InChI is InChI=1S/C16H25N4O14P3/c1-2-6-29-10-30-12-7-14(20-8-11(4-3-5-17)15(18)19-16(20)21)32-13(12)9-31-36(25,26)34-37(27,28)33-35(22,23)24/h2,8,12-14H,1,5-7,9-10,17H2,(H,25,26)(H,27,28)(H2,18,19,21)(H2,22,23,24)/t12?,13-,14-/m1/s1. The van der Waals surface area contributed by atoms with Gasteiger partial charge in [-0.05, 0) is 0 Å². The first-order valence-corrected chi connectivity index (χ1v) is 14.5. The van der Waals surface area contributed by atoms with Gasteiger partial charge in [-0.2, -0.15) is 13.6 Å². The van der Waals surface area contributed by atoms with Gasteiger partial charge in [0.05, 0.1) is 31.4 Å². The summed E-state index contributed by atoms with van der Waals surface area (Å²) >= 11 is 0. The predicted molar refractivity (Wildman–Crippen MR) is 123 cm³/mol. The summed E-state index contributed by atoms with van der Waals surface area (Å²) in [4.78, 5) is 52.3. The third kappa shape index (κ3) is 10.5. The Morgan fingerprint density at radius 2 is 1.95 bits per heavy atom. The largest absolute Gasteiger partial charge is 0.490 e. The molecule has 3 unspecified atom stereocenters. The van der Waals surface area contributed by atoms with E-state index in [-0.39, 0.29) is 37.7 Å². The second kappa shape index (κ2) is 13.3. The summed E-state index contributed by atoms with van der Waals surface area (Å²) in [6.45, 7) is 2.53. The zero-order valence-corrected chi connectivity index (χ0v) is 21.6. The molecule has 1 aliphatic heterocycles. The molecule has 0 aliphatic carbocycles. The fourth-order valence-corrected chi connectivity index (χ4v) is 5.89. The molecule has 1 saturated heterocycles. The lowest BCUT2D eigenvalue weighted by Crippen LogP contribution is -2.30. The molecule has 1 aromatic rings. The molecule has 21 heteroatoms. The van der Waals surface area contributed by atoms with Crippen molar-refractivity contribution in [1.82, 2.24) is 9.55 Å². The van der Waals surface area contributed by atoms with Crippen LogP contribution in [0.25, 0.3) is 0 Å². The maximum atomic E-state index is 12.4. The van der Waals surface area contributed by atoms with Gasteiger partial charge in [-0.1, -0.05) is 17.9 Å². The molecule has 0 amide bonds. The highest BCUT2D eigenvalue weighted by Gasteiger charge is 2.43. The van der Waals surface area contributed by atoms with Crippen LogP contribution in [-0.2, 0) is 41.1 Å². The van der Waals surface area contributed by atoms with Crippen molar-refractivity contribution >= 4 is 29.3 Å². The molecule has 37 heavy (non-hydrogen) atoms. The van der Waals surface area contributed by atoms with Crippen LogP contribution in [0.4, 0.5) is 5.82 Å². The monoisotopic (exact) mass is 590 g/mol. The topological polar surface area (TPSA) is 274 Å².